The Morgan fingerprint density at radius 1 is 1.00 bits per heavy atom. The van der Waals surface area contributed by atoms with Crippen molar-refractivity contribution in [3.05, 3.63) is 71.9 Å². The Kier molecular flexibility index (Phi) is 2.53. The molecule has 20 heavy (non-hydrogen) atoms. The van der Waals surface area contributed by atoms with Gasteiger partial charge in [0.2, 0.25) is 0 Å². The van der Waals surface area contributed by atoms with E-state index in [4.69, 9.17) is 0 Å². The molecular weight excluding hydrogens is 242 g/mol. The maximum absolute atomic E-state index is 2.31. The SMILES string of the molecule is CC1CC=Cc2c1cccc2-n1ccc2ccccc21. The number of nitrogens with zero attached hydrogens (tertiary/aromatic N) is 1. The third kappa shape index (κ3) is 1.63. The van der Waals surface area contributed by atoms with Crippen LogP contribution in [0.1, 0.15) is 30.4 Å². The van der Waals surface area contributed by atoms with Gasteiger partial charge in [-0.1, -0.05) is 49.4 Å². The van der Waals surface area contributed by atoms with E-state index in [9.17, 15) is 0 Å². The van der Waals surface area contributed by atoms with Crippen LogP contribution >= 0.6 is 0 Å². The summed E-state index contributed by atoms with van der Waals surface area (Å²) in [5, 5.41) is 1.29. The number of rotatable bonds is 1. The summed E-state index contributed by atoms with van der Waals surface area (Å²) in [5.41, 5.74) is 5.38. The average molecular weight is 259 g/mol. The molecule has 2 aromatic carbocycles. The molecule has 0 bridgehead atoms. The van der Waals surface area contributed by atoms with Crippen molar-refractivity contribution in [2.24, 2.45) is 0 Å². The van der Waals surface area contributed by atoms with Crippen molar-refractivity contribution >= 4 is 17.0 Å². The number of hydrogen-bond acceptors (Lipinski definition) is 0. The first-order chi connectivity index (χ1) is 9.84. The largest absolute Gasteiger partial charge is 0.316 e. The van der Waals surface area contributed by atoms with E-state index >= 15 is 0 Å². The van der Waals surface area contributed by atoms with Crippen LogP contribution in [0, 0.1) is 0 Å². The van der Waals surface area contributed by atoms with Gasteiger partial charge in [0, 0.05) is 11.8 Å². The molecule has 1 unspecified atom stereocenters. The van der Waals surface area contributed by atoms with Gasteiger partial charge in [0.05, 0.1) is 11.2 Å². The number of para-hydroxylation sites is 1. The van der Waals surface area contributed by atoms with Crippen molar-refractivity contribution in [2.45, 2.75) is 19.3 Å². The van der Waals surface area contributed by atoms with E-state index in [1.54, 1.807) is 0 Å². The zero-order valence-electron chi connectivity index (χ0n) is 11.6. The molecule has 0 radical (unpaired) electrons. The molecule has 0 amide bonds. The molecular formula is C19H17N. The fraction of sp³-hybridized carbons (Fsp3) is 0.158. The van der Waals surface area contributed by atoms with Gasteiger partial charge in [0.1, 0.15) is 0 Å². The molecule has 3 aromatic rings. The molecule has 0 N–H and O–H groups in total. The Bertz CT molecular complexity index is 807. The first-order valence-electron chi connectivity index (χ1n) is 7.20. The number of benzene rings is 2. The van der Waals surface area contributed by atoms with E-state index in [2.05, 4.69) is 78.4 Å². The lowest BCUT2D eigenvalue weighted by Gasteiger charge is -2.21. The van der Waals surface area contributed by atoms with Gasteiger partial charge in [0.25, 0.3) is 0 Å². The number of fused-ring (bicyclic) bond motifs is 2. The normalized spacial score (nSPS) is 17.4. The zero-order valence-corrected chi connectivity index (χ0v) is 11.6. The molecule has 98 valence electrons. The van der Waals surface area contributed by atoms with Crippen LogP contribution < -0.4 is 0 Å². The highest BCUT2D eigenvalue weighted by molar-refractivity contribution is 5.83. The fourth-order valence-corrected chi connectivity index (χ4v) is 3.20. The summed E-state index contributed by atoms with van der Waals surface area (Å²) in [6, 6.07) is 17.4. The molecule has 1 atom stereocenters. The smallest absolute Gasteiger partial charge is 0.0530 e. The standard InChI is InChI=1S/C19H17N/c1-14-6-4-9-17-16(14)8-5-11-19(17)20-13-12-15-7-2-3-10-18(15)20/h2-5,7-14H,6H2,1H3. The Morgan fingerprint density at radius 3 is 2.85 bits per heavy atom. The molecule has 1 aliphatic carbocycles. The summed E-state index contributed by atoms with van der Waals surface area (Å²) in [5.74, 6) is 0.608. The Morgan fingerprint density at radius 2 is 1.90 bits per heavy atom. The van der Waals surface area contributed by atoms with Crippen molar-refractivity contribution in [3.63, 3.8) is 0 Å². The minimum atomic E-state index is 0.608. The van der Waals surface area contributed by atoms with Crippen LogP contribution in [-0.2, 0) is 0 Å². The second kappa shape index (κ2) is 4.38. The van der Waals surface area contributed by atoms with Gasteiger partial charge in [-0.25, -0.2) is 0 Å². The van der Waals surface area contributed by atoms with Crippen LogP contribution in [-0.4, -0.2) is 4.57 Å². The third-order valence-electron chi connectivity index (χ3n) is 4.28. The van der Waals surface area contributed by atoms with Crippen LogP contribution in [0.3, 0.4) is 0 Å². The second-order valence-electron chi connectivity index (χ2n) is 5.56. The molecule has 0 saturated heterocycles. The highest BCUT2D eigenvalue weighted by Gasteiger charge is 2.16. The lowest BCUT2D eigenvalue weighted by atomic mass is 9.87. The lowest BCUT2D eigenvalue weighted by Crippen LogP contribution is -2.04. The monoisotopic (exact) mass is 259 g/mol. The van der Waals surface area contributed by atoms with Crippen molar-refractivity contribution in [3.8, 4) is 5.69 Å². The van der Waals surface area contributed by atoms with E-state index in [0.717, 1.165) is 6.42 Å². The molecule has 4 rings (SSSR count). The summed E-state index contributed by atoms with van der Waals surface area (Å²) in [4.78, 5) is 0. The molecule has 1 heterocycles. The van der Waals surface area contributed by atoms with Gasteiger partial charge in [-0.15, -0.1) is 0 Å². The molecule has 0 spiro atoms. The van der Waals surface area contributed by atoms with Gasteiger partial charge in [0.15, 0.2) is 0 Å². The van der Waals surface area contributed by atoms with Gasteiger partial charge in [-0.05, 0) is 41.5 Å². The van der Waals surface area contributed by atoms with Crippen molar-refractivity contribution in [1.82, 2.24) is 4.57 Å². The highest BCUT2D eigenvalue weighted by atomic mass is 15.0. The first-order valence-corrected chi connectivity index (χ1v) is 7.20. The van der Waals surface area contributed by atoms with Crippen molar-refractivity contribution in [2.75, 3.05) is 0 Å². The molecule has 1 heteroatoms. The minimum absolute atomic E-state index is 0.608. The van der Waals surface area contributed by atoms with Gasteiger partial charge in [-0.3, -0.25) is 0 Å². The first kappa shape index (κ1) is 11.5. The molecule has 0 aliphatic heterocycles. The predicted molar refractivity (Wildman–Crippen MR) is 85.3 cm³/mol. The molecule has 0 fully saturated rings. The fourth-order valence-electron chi connectivity index (χ4n) is 3.20. The molecule has 0 saturated carbocycles. The van der Waals surface area contributed by atoms with Crippen LogP contribution in [0.2, 0.25) is 0 Å². The van der Waals surface area contributed by atoms with E-state index in [-0.39, 0.29) is 0 Å². The molecule has 1 aliphatic rings. The molecule has 1 aromatic heterocycles. The van der Waals surface area contributed by atoms with Crippen LogP contribution in [0.15, 0.2) is 60.8 Å². The predicted octanol–water partition coefficient (Wildman–Crippen LogP) is 5.15. The van der Waals surface area contributed by atoms with E-state index < -0.39 is 0 Å². The molecule has 1 nitrogen and oxygen atoms in total. The van der Waals surface area contributed by atoms with Crippen LogP contribution in [0.4, 0.5) is 0 Å². The summed E-state index contributed by atoms with van der Waals surface area (Å²) in [6.07, 6.45) is 7.89. The minimum Gasteiger partial charge on any atom is -0.316 e. The second-order valence-corrected chi connectivity index (χ2v) is 5.56. The Hall–Kier alpha value is -2.28. The van der Waals surface area contributed by atoms with Crippen LogP contribution in [0.5, 0.6) is 0 Å². The Labute approximate surface area is 119 Å². The highest BCUT2D eigenvalue weighted by Crippen LogP contribution is 2.34. The summed E-state index contributed by atoms with van der Waals surface area (Å²) >= 11 is 0. The number of allylic oxidation sites excluding steroid dienone is 1. The van der Waals surface area contributed by atoms with E-state index in [1.165, 1.54) is 27.7 Å². The van der Waals surface area contributed by atoms with Crippen molar-refractivity contribution in [1.29, 1.82) is 0 Å². The van der Waals surface area contributed by atoms with Crippen molar-refractivity contribution < 1.29 is 0 Å². The summed E-state index contributed by atoms with van der Waals surface area (Å²) in [6.45, 7) is 2.31. The number of hydrogen-bond donors (Lipinski definition) is 0. The average Bonchev–Trinajstić information content (AvgIpc) is 2.91. The topological polar surface area (TPSA) is 4.93 Å². The number of aromatic nitrogens is 1. The quantitative estimate of drug-likeness (QED) is 0.569. The van der Waals surface area contributed by atoms with Crippen LogP contribution in [0.25, 0.3) is 22.7 Å². The van der Waals surface area contributed by atoms with E-state index in [0.29, 0.717) is 5.92 Å². The van der Waals surface area contributed by atoms with Gasteiger partial charge < -0.3 is 4.57 Å². The van der Waals surface area contributed by atoms with E-state index in [1.807, 2.05) is 0 Å². The lowest BCUT2D eigenvalue weighted by molar-refractivity contribution is 0.770. The Balaban J connectivity index is 2.00. The maximum Gasteiger partial charge on any atom is 0.0530 e. The van der Waals surface area contributed by atoms with Gasteiger partial charge >= 0.3 is 0 Å². The zero-order chi connectivity index (χ0) is 13.5. The summed E-state index contributed by atoms with van der Waals surface area (Å²) < 4.78 is 2.30. The van der Waals surface area contributed by atoms with Gasteiger partial charge in [-0.2, -0.15) is 0 Å². The maximum atomic E-state index is 2.31. The third-order valence-corrected chi connectivity index (χ3v) is 4.28. The summed E-state index contributed by atoms with van der Waals surface area (Å²) in [7, 11) is 0.